The lowest BCUT2D eigenvalue weighted by atomic mass is 9.91. The molecule has 0 atom stereocenters. The van der Waals surface area contributed by atoms with Crippen molar-refractivity contribution < 1.29 is 0 Å². The lowest BCUT2D eigenvalue weighted by molar-refractivity contribution is 1.18. The van der Waals surface area contributed by atoms with E-state index in [1.165, 1.54) is 49.3 Å². The molecule has 0 radical (unpaired) electrons. The Kier molecular flexibility index (Phi) is 4.90. The number of para-hydroxylation sites is 2. The average Bonchev–Trinajstić information content (AvgIpc) is 3.27. The molecule has 2 heteroatoms. The van der Waals surface area contributed by atoms with Crippen molar-refractivity contribution in [3.63, 3.8) is 0 Å². The van der Waals surface area contributed by atoms with Crippen LogP contribution < -0.4 is 0 Å². The van der Waals surface area contributed by atoms with E-state index in [2.05, 4.69) is 126 Å². The molecule has 0 aliphatic carbocycles. The predicted octanol–water partition coefficient (Wildman–Crippen LogP) is 9.92. The summed E-state index contributed by atoms with van der Waals surface area (Å²) in [6.07, 6.45) is 0. The highest BCUT2D eigenvalue weighted by molar-refractivity contribution is 6.30. The molecule has 0 saturated heterocycles. The molecular weight excluding hydrogens is 458 g/mol. The van der Waals surface area contributed by atoms with Gasteiger partial charge in [-0.25, -0.2) is 0 Å². The third kappa shape index (κ3) is 3.32. The van der Waals surface area contributed by atoms with Crippen LogP contribution in [0.4, 0.5) is 0 Å². The third-order valence-corrected chi connectivity index (χ3v) is 7.33. The maximum atomic E-state index is 6.27. The molecule has 1 heterocycles. The summed E-state index contributed by atoms with van der Waals surface area (Å²) in [6, 6.07) is 47.4. The second-order valence-corrected chi connectivity index (χ2v) is 9.57. The van der Waals surface area contributed by atoms with Crippen LogP contribution in [0, 0.1) is 0 Å². The summed E-state index contributed by atoms with van der Waals surface area (Å²) in [5, 5.41) is 5.76. The van der Waals surface area contributed by atoms with Gasteiger partial charge in [0.15, 0.2) is 0 Å². The molecule has 1 nitrogen and oxygen atoms in total. The first-order chi connectivity index (χ1) is 17.8. The minimum Gasteiger partial charge on any atom is -0.309 e. The van der Waals surface area contributed by atoms with Gasteiger partial charge in [-0.15, -0.1) is 0 Å². The van der Waals surface area contributed by atoms with Crippen LogP contribution in [0.5, 0.6) is 0 Å². The summed E-state index contributed by atoms with van der Waals surface area (Å²) in [5.41, 5.74) is 8.32. The first-order valence-electron chi connectivity index (χ1n) is 12.1. The average molecular weight is 480 g/mol. The summed E-state index contributed by atoms with van der Waals surface area (Å²) in [5.74, 6) is 0. The van der Waals surface area contributed by atoms with Crippen LogP contribution in [0.25, 0.3) is 60.5 Å². The number of nitrogens with zero attached hydrogens (tertiary/aromatic N) is 1. The molecule has 0 bridgehead atoms. The van der Waals surface area contributed by atoms with E-state index in [0.717, 1.165) is 16.3 Å². The first-order valence-corrected chi connectivity index (χ1v) is 12.5. The van der Waals surface area contributed by atoms with Gasteiger partial charge in [0, 0.05) is 21.5 Å². The van der Waals surface area contributed by atoms with Crippen LogP contribution in [0.2, 0.25) is 5.02 Å². The number of halogens is 1. The summed E-state index contributed by atoms with van der Waals surface area (Å²) in [6.45, 7) is 0. The quantitative estimate of drug-likeness (QED) is 0.237. The molecule has 7 rings (SSSR count). The molecule has 0 amide bonds. The molecule has 1 aromatic heterocycles. The monoisotopic (exact) mass is 479 g/mol. The van der Waals surface area contributed by atoms with Gasteiger partial charge in [0.05, 0.1) is 11.0 Å². The molecule has 0 spiro atoms. The van der Waals surface area contributed by atoms with Crippen LogP contribution in [0.1, 0.15) is 0 Å². The zero-order chi connectivity index (χ0) is 24.1. The zero-order valence-corrected chi connectivity index (χ0v) is 20.3. The van der Waals surface area contributed by atoms with Crippen LogP contribution in [-0.4, -0.2) is 4.57 Å². The number of hydrogen-bond donors (Lipinski definition) is 0. The molecule has 0 unspecified atom stereocenters. The van der Waals surface area contributed by atoms with Gasteiger partial charge >= 0.3 is 0 Å². The van der Waals surface area contributed by atoms with Gasteiger partial charge in [-0.1, -0.05) is 109 Å². The summed E-state index contributed by atoms with van der Waals surface area (Å²) in [7, 11) is 0. The first kappa shape index (κ1) is 21.0. The Morgan fingerprint density at radius 1 is 0.444 bits per heavy atom. The van der Waals surface area contributed by atoms with Crippen molar-refractivity contribution in [3.05, 3.63) is 138 Å². The van der Waals surface area contributed by atoms with Gasteiger partial charge in [-0.3, -0.25) is 0 Å². The minimum absolute atomic E-state index is 0.740. The van der Waals surface area contributed by atoms with Crippen LogP contribution in [0.15, 0.2) is 133 Å². The van der Waals surface area contributed by atoms with E-state index < -0.39 is 0 Å². The van der Waals surface area contributed by atoms with Crippen molar-refractivity contribution in [1.82, 2.24) is 4.57 Å². The van der Waals surface area contributed by atoms with Crippen LogP contribution in [-0.2, 0) is 0 Å². The SMILES string of the molecule is Clc1ccc(-c2cc(-n3c4ccccc4c4ccccc43)ccc2-c2cccc3ccccc23)cc1. The lowest BCUT2D eigenvalue weighted by Crippen LogP contribution is -1.96. The Morgan fingerprint density at radius 2 is 1.06 bits per heavy atom. The molecule has 0 aliphatic rings. The van der Waals surface area contributed by atoms with Gasteiger partial charge in [0.1, 0.15) is 0 Å². The van der Waals surface area contributed by atoms with Crippen molar-refractivity contribution in [1.29, 1.82) is 0 Å². The summed E-state index contributed by atoms with van der Waals surface area (Å²) >= 11 is 6.27. The lowest BCUT2D eigenvalue weighted by Gasteiger charge is -2.16. The molecule has 0 aliphatic heterocycles. The Bertz CT molecular complexity index is 1830. The van der Waals surface area contributed by atoms with Crippen molar-refractivity contribution in [2.75, 3.05) is 0 Å². The highest BCUT2D eigenvalue weighted by Gasteiger charge is 2.16. The number of fused-ring (bicyclic) bond motifs is 4. The standard InChI is InChI=1S/C34H22ClN/c35-25-18-16-24(17-19-25)32-22-26(20-21-29(32)28-13-7-9-23-8-1-2-10-27(23)28)36-33-14-5-3-11-30(33)31-12-4-6-15-34(31)36/h1-22H. The highest BCUT2D eigenvalue weighted by atomic mass is 35.5. The van der Waals surface area contributed by atoms with Gasteiger partial charge in [0.25, 0.3) is 0 Å². The van der Waals surface area contributed by atoms with Crippen molar-refractivity contribution in [3.8, 4) is 27.9 Å². The Hall–Kier alpha value is -4.33. The van der Waals surface area contributed by atoms with Gasteiger partial charge < -0.3 is 4.57 Å². The maximum absolute atomic E-state index is 6.27. The Morgan fingerprint density at radius 3 is 1.78 bits per heavy atom. The smallest absolute Gasteiger partial charge is 0.0541 e. The number of benzene rings is 6. The van der Waals surface area contributed by atoms with Crippen LogP contribution >= 0.6 is 11.6 Å². The fourth-order valence-electron chi connectivity index (χ4n) is 5.44. The summed E-state index contributed by atoms with van der Waals surface area (Å²) in [4.78, 5) is 0. The number of hydrogen-bond acceptors (Lipinski definition) is 0. The molecule has 170 valence electrons. The highest BCUT2D eigenvalue weighted by Crippen LogP contribution is 2.39. The van der Waals surface area contributed by atoms with E-state index in [4.69, 9.17) is 11.6 Å². The molecule has 36 heavy (non-hydrogen) atoms. The Balaban J connectivity index is 1.54. The van der Waals surface area contributed by atoms with Gasteiger partial charge in [-0.2, -0.15) is 0 Å². The van der Waals surface area contributed by atoms with Gasteiger partial charge in [0.2, 0.25) is 0 Å². The molecule has 6 aromatic carbocycles. The fraction of sp³-hybridized carbons (Fsp3) is 0. The normalized spacial score (nSPS) is 11.5. The van der Waals surface area contributed by atoms with E-state index >= 15 is 0 Å². The van der Waals surface area contributed by atoms with Crippen LogP contribution in [0.3, 0.4) is 0 Å². The number of aromatic nitrogens is 1. The fourth-order valence-corrected chi connectivity index (χ4v) is 5.56. The van der Waals surface area contributed by atoms with Crippen molar-refractivity contribution in [2.24, 2.45) is 0 Å². The van der Waals surface area contributed by atoms with Gasteiger partial charge in [-0.05, 0) is 69.4 Å². The molecule has 0 saturated carbocycles. The molecule has 7 aromatic rings. The molecular formula is C34H22ClN. The van der Waals surface area contributed by atoms with E-state index in [1.54, 1.807) is 0 Å². The second-order valence-electron chi connectivity index (χ2n) is 9.13. The largest absolute Gasteiger partial charge is 0.309 e. The van der Waals surface area contributed by atoms with E-state index in [9.17, 15) is 0 Å². The number of rotatable bonds is 3. The maximum Gasteiger partial charge on any atom is 0.0541 e. The molecule has 0 fully saturated rings. The zero-order valence-electron chi connectivity index (χ0n) is 19.5. The topological polar surface area (TPSA) is 4.93 Å². The minimum atomic E-state index is 0.740. The Labute approximate surface area is 214 Å². The molecule has 0 N–H and O–H groups in total. The predicted molar refractivity (Wildman–Crippen MR) is 154 cm³/mol. The van der Waals surface area contributed by atoms with Crippen molar-refractivity contribution in [2.45, 2.75) is 0 Å². The van der Waals surface area contributed by atoms with E-state index in [-0.39, 0.29) is 0 Å². The summed E-state index contributed by atoms with van der Waals surface area (Å²) < 4.78 is 2.37. The van der Waals surface area contributed by atoms with E-state index in [1.807, 2.05) is 12.1 Å². The van der Waals surface area contributed by atoms with E-state index in [0.29, 0.717) is 0 Å². The van der Waals surface area contributed by atoms with Crippen molar-refractivity contribution >= 4 is 44.2 Å². The second kappa shape index (κ2) is 8.41. The third-order valence-electron chi connectivity index (χ3n) is 7.08.